The molecule has 0 amide bonds. The highest BCUT2D eigenvalue weighted by molar-refractivity contribution is 14.1. The minimum atomic E-state index is 1.09. The van der Waals surface area contributed by atoms with Crippen LogP contribution in [0.2, 0.25) is 0 Å². The molecular formula is C16H13IN2. The quantitative estimate of drug-likeness (QED) is 0.630. The second-order valence-corrected chi connectivity index (χ2v) is 5.51. The molecule has 94 valence electrons. The Bertz CT molecular complexity index is 657. The molecule has 0 saturated heterocycles. The molecular weight excluding hydrogens is 347 g/mol. The van der Waals surface area contributed by atoms with Crippen LogP contribution in [0.1, 0.15) is 0 Å². The van der Waals surface area contributed by atoms with Crippen molar-refractivity contribution in [2.24, 2.45) is 0 Å². The second-order valence-electron chi connectivity index (χ2n) is 4.26. The molecule has 3 heteroatoms. The number of aromatic nitrogens is 1. The maximum atomic E-state index is 3.44. The van der Waals surface area contributed by atoms with Gasteiger partial charge in [0.2, 0.25) is 0 Å². The van der Waals surface area contributed by atoms with E-state index in [1.165, 1.54) is 9.13 Å². The molecule has 0 atom stereocenters. The average Bonchev–Trinajstić information content (AvgIpc) is 2.90. The van der Waals surface area contributed by atoms with Crippen molar-refractivity contribution in [2.75, 3.05) is 5.32 Å². The normalized spacial score (nSPS) is 10.4. The molecule has 0 aliphatic carbocycles. The smallest absolute Gasteiger partial charge is 0.0693 e. The van der Waals surface area contributed by atoms with Gasteiger partial charge in [0, 0.05) is 21.0 Å². The topological polar surface area (TPSA) is 27.8 Å². The summed E-state index contributed by atoms with van der Waals surface area (Å²) in [6.07, 6.45) is 1.96. The molecule has 2 aromatic carbocycles. The van der Waals surface area contributed by atoms with Crippen molar-refractivity contribution >= 4 is 34.0 Å². The van der Waals surface area contributed by atoms with Crippen LogP contribution < -0.4 is 5.32 Å². The van der Waals surface area contributed by atoms with E-state index in [0.29, 0.717) is 0 Å². The molecule has 0 fully saturated rings. The van der Waals surface area contributed by atoms with Gasteiger partial charge in [-0.15, -0.1) is 0 Å². The highest BCUT2D eigenvalue weighted by Gasteiger charge is 2.05. The molecule has 3 rings (SSSR count). The van der Waals surface area contributed by atoms with E-state index in [1.54, 1.807) is 0 Å². The van der Waals surface area contributed by atoms with Crippen LogP contribution in [0.3, 0.4) is 0 Å². The maximum absolute atomic E-state index is 3.44. The summed E-state index contributed by atoms with van der Waals surface area (Å²) < 4.78 is 1.24. The highest BCUT2D eigenvalue weighted by atomic mass is 127. The Balaban J connectivity index is 1.91. The van der Waals surface area contributed by atoms with Gasteiger partial charge < -0.3 is 10.3 Å². The van der Waals surface area contributed by atoms with Crippen molar-refractivity contribution in [3.8, 4) is 11.3 Å². The third-order valence-corrected chi connectivity index (χ3v) is 3.65. The van der Waals surface area contributed by atoms with Gasteiger partial charge in [-0.25, -0.2) is 0 Å². The standard InChI is InChI=1S/C16H13IN2/c17-13-6-8-14(9-7-13)19-15-10-11-18-16(15)12-4-2-1-3-5-12/h1-11,18-19H. The first-order chi connectivity index (χ1) is 9.33. The van der Waals surface area contributed by atoms with E-state index in [0.717, 1.165) is 17.1 Å². The zero-order valence-electron chi connectivity index (χ0n) is 10.2. The van der Waals surface area contributed by atoms with Gasteiger partial charge in [0.1, 0.15) is 0 Å². The summed E-state index contributed by atoms with van der Waals surface area (Å²) in [7, 11) is 0. The molecule has 0 unspecified atom stereocenters. The van der Waals surface area contributed by atoms with Crippen LogP contribution in [0.5, 0.6) is 0 Å². The fourth-order valence-corrected chi connectivity index (χ4v) is 2.37. The zero-order valence-corrected chi connectivity index (χ0v) is 12.4. The molecule has 1 aromatic heterocycles. The number of nitrogens with one attached hydrogen (secondary N) is 2. The van der Waals surface area contributed by atoms with Crippen LogP contribution in [0.4, 0.5) is 11.4 Å². The minimum absolute atomic E-state index is 1.09. The summed E-state index contributed by atoms with van der Waals surface area (Å²) in [6, 6.07) is 20.7. The Morgan fingerprint density at radius 1 is 0.842 bits per heavy atom. The fraction of sp³-hybridized carbons (Fsp3) is 0. The number of aromatic amines is 1. The van der Waals surface area contributed by atoms with Gasteiger partial charge in [0.05, 0.1) is 11.4 Å². The number of H-pyrrole nitrogens is 1. The number of hydrogen-bond donors (Lipinski definition) is 2. The van der Waals surface area contributed by atoms with Crippen LogP contribution in [-0.4, -0.2) is 4.98 Å². The first-order valence-corrected chi connectivity index (χ1v) is 7.16. The fourth-order valence-electron chi connectivity index (χ4n) is 2.01. The third-order valence-electron chi connectivity index (χ3n) is 2.93. The molecule has 1 heterocycles. The molecule has 0 saturated carbocycles. The number of benzene rings is 2. The molecule has 19 heavy (non-hydrogen) atoms. The minimum Gasteiger partial charge on any atom is -0.359 e. The van der Waals surface area contributed by atoms with Gasteiger partial charge >= 0.3 is 0 Å². The number of hydrogen-bond acceptors (Lipinski definition) is 1. The molecule has 2 N–H and O–H groups in total. The monoisotopic (exact) mass is 360 g/mol. The van der Waals surface area contributed by atoms with Crippen molar-refractivity contribution in [3.05, 3.63) is 70.4 Å². The van der Waals surface area contributed by atoms with Gasteiger partial charge in [0.25, 0.3) is 0 Å². The van der Waals surface area contributed by atoms with Gasteiger partial charge in [-0.05, 0) is 52.9 Å². The van der Waals surface area contributed by atoms with Crippen molar-refractivity contribution in [1.82, 2.24) is 4.98 Å². The summed E-state index contributed by atoms with van der Waals surface area (Å²) in [5, 5.41) is 3.44. The molecule has 3 aromatic rings. The number of anilines is 2. The Kier molecular flexibility index (Phi) is 3.55. The predicted octanol–water partition coefficient (Wildman–Crippen LogP) is 5.03. The predicted molar refractivity (Wildman–Crippen MR) is 88.7 cm³/mol. The molecule has 2 nitrogen and oxygen atoms in total. The lowest BCUT2D eigenvalue weighted by Crippen LogP contribution is -1.91. The van der Waals surface area contributed by atoms with Crippen LogP contribution >= 0.6 is 22.6 Å². The van der Waals surface area contributed by atoms with E-state index in [1.807, 2.05) is 24.4 Å². The highest BCUT2D eigenvalue weighted by Crippen LogP contribution is 2.28. The van der Waals surface area contributed by atoms with Crippen molar-refractivity contribution in [3.63, 3.8) is 0 Å². The van der Waals surface area contributed by atoms with Crippen LogP contribution in [0.25, 0.3) is 11.3 Å². The van der Waals surface area contributed by atoms with E-state index in [9.17, 15) is 0 Å². The van der Waals surface area contributed by atoms with Crippen LogP contribution in [0, 0.1) is 3.57 Å². The maximum Gasteiger partial charge on any atom is 0.0693 e. The van der Waals surface area contributed by atoms with E-state index >= 15 is 0 Å². The van der Waals surface area contributed by atoms with Crippen LogP contribution in [0.15, 0.2) is 66.9 Å². The summed E-state index contributed by atoms with van der Waals surface area (Å²) in [5.74, 6) is 0. The Morgan fingerprint density at radius 2 is 1.58 bits per heavy atom. The SMILES string of the molecule is Ic1ccc(Nc2cc[nH]c2-c2ccccc2)cc1. The van der Waals surface area contributed by atoms with E-state index in [-0.39, 0.29) is 0 Å². The second kappa shape index (κ2) is 5.48. The van der Waals surface area contributed by atoms with Crippen molar-refractivity contribution in [1.29, 1.82) is 0 Å². The molecule has 0 radical (unpaired) electrons. The summed E-state index contributed by atoms with van der Waals surface area (Å²) in [4.78, 5) is 3.29. The zero-order chi connectivity index (χ0) is 13.1. The first kappa shape index (κ1) is 12.3. The van der Waals surface area contributed by atoms with Gasteiger partial charge in [0.15, 0.2) is 0 Å². The lowest BCUT2D eigenvalue weighted by Gasteiger charge is -2.08. The number of halogens is 1. The number of rotatable bonds is 3. The van der Waals surface area contributed by atoms with Gasteiger partial charge in [-0.3, -0.25) is 0 Å². The Hall–Kier alpha value is -1.75. The first-order valence-electron chi connectivity index (χ1n) is 6.08. The van der Waals surface area contributed by atoms with Crippen molar-refractivity contribution < 1.29 is 0 Å². The van der Waals surface area contributed by atoms with E-state index < -0.39 is 0 Å². The molecule has 0 aliphatic rings. The Labute approximate surface area is 126 Å². The third kappa shape index (κ3) is 2.81. The lowest BCUT2D eigenvalue weighted by atomic mass is 10.1. The summed E-state index contributed by atoms with van der Waals surface area (Å²) in [6.45, 7) is 0. The average molecular weight is 360 g/mol. The van der Waals surface area contributed by atoms with Gasteiger partial charge in [-0.2, -0.15) is 0 Å². The largest absolute Gasteiger partial charge is 0.359 e. The van der Waals surface area contributed by atoms with Gasteiger partial charge in [-0.1, -0.05) is 30.3 Å². The lowest BCUT2D eigenvalue weighted by molar-refractivity contribution is 1.40. The van der Waals surface area contributed by atoms with Crippen molar-refractivity contribution in [2.45, 2.75) is 0 Å². The molecule has 0 aliphatic heterocycles. The van der Waals surface area contributed by atoms with Crippen LogP contribution in [-0.2, 0) is 0 Å². The Morgan fingerprint density at radius 3 is 2.32 bits per heavy atom. The molecule has 0 spiro atoms. The summed E-state index contributed by atoms with van der Waals surface area (Å²) in [5.41, 5.74) is 4.48. The summed E-state index contributed by atoms with van der Waals surface area (Å²) >= 11 is 2.31. The molecule has 0 bridgehead atoms. The van der Waals surface area contributed by atoms with E-state index in [2.05, 4.69) is 75.4 Å². The van der Waals surface area contributed by atoms with E-state index in [4.69, 9.17) is 0 Å².